The minimum Gasteiger partial charge on any atom is -0.411 e. The molecule has 0 spiro atoms. The number of anilines is 1. The monoisotopic (exact) mass is 430 g/mol. The van der Waals surface area contributed by atoms with Crippen molar-refractivity contribution in [2.45, 2.75) is 5.22 Å². The van der Waals surface area contributed by atoms with Crippen molar-refractivity contribution in [3.63, 3.8) is 0 Å². The second-order valence-electron chi connectivity index (χ2n) is 5.76. The first kappa shape index (κ1) is 19.2. The summed E-state index contributed by atoms with van der Waals surface area (Å²) in [6.45, 7) is 0. The van der Waals surface area contributed by atoms with Gasteiger partial charge >= 0.3 is 0 Å². The van der Waals surface area contributed by atoms with E-state index in [9.17, 15) is 13.6 Å². The molecule has 0 saturated carbocycles. The van der Waals surface area contributed by atoms with Crippen molar-refractivity contribution in [3.05, 3.63) is 65.5 Å². The van der Waals surface area contributed by atoms with E-state index in [0.717, 1.165) is 17.3 Å². The summed E-state index contributed by atoms with van der Waals surface area (Å²) in [5.41, 5.74) is 2.00. The third-order valence-electron chi connectivity index (χ3n) is 3.71. The van der Waals surface area contributed by atoms with Gasteiger partial charge in [0, 0.05) is 16.5 Å². The summed E-state index contributed by atoms with van der Waals surface area (Å²) < 4.78 is 31.5. The summed E-state index contributed by atoms with van der Waals surface area (Å²) in [5.74, 6) is -0.660. The summed E-state index contributed by atoms with van der Waals surface area (Å²) in [5, 5.41) is 12.9. The van der Waals surface area contributed by atoms with Crippen molar-refractivity contribution in [1.82, 2.24) is 15.2 Å². The van der Waals surface area contributed by atoms with Crippen molar-refractivity contribution in [3.8, 4) is 22.7 Å². The average Bonchev–Trinajstić information content (AvgIpc) is 3.37. The highest BCUT2D eigenvalue weighted by Gasteiger charge is 2.13. The third-order valence-corrected chi connectivity index (χ3v) is 5.29. The molecule has 0 aliphatic heterocycles. The molecule has 10 heteroatoms. The van der Waals surface area contributed by atoms with E-state index in [1.165, 1.54) is 47.7 Å². The van der Waals surface area contributed by atoms with Gasteiger partial charge in [0.2, 0.25) is 11.8 Å². The molecule has 0 aliphatic rings. The second-order valence-corrected chi connectivity index (χ2v) is 7.55. The molecule has 4 aromatic rings. The lowest BCUT2D eigenvalue weighted by Gasteiger charge is -1.99. The maximum atomic E-state index is 13.0. The fraction of sp³-hybridized carbons (Fsp3) is 0.0526. The topological polar surface area (TPSA) is 80.9 Å². The molecule has 2 aromatic heterocycles. The Morgan fingerprint density at radius 3 is 2.34 bits per heavy atom. The highest BCUT2D eigenvalue weighted by molar-refractivity contribution is 7.99. The fourth-order valence-electron chi connectivity index (χ4n) is 2.34. The number of halogens is 2. The number of carbonyl (C=O) groups is 1. The van der Waals surface area contributed by atoms with Crippen molar-refractivity contribution in [1.29, 1.82) is 0 Å². The first-order valence-electron chi connectivity index (χ1n) is 8.30. The molecule has 0 bridgehead atoms. The predicted octanol–water partition coefficient (Wildman–Crippen LogP) is 4.87. The molecule has 0 aliphatic carbocycles. The number of thiazole rings is 1. The van der Waals surface area contributed by atoms with Gasteiger partial charge in [0.15, 0.2) is 5.13 Å². The van der Waals surface area contributed by atoms with Gasteiger partial charge in [0.05, 0.1) is 11.4 Å². The number of rotatable bonds is 6. The number of carbonyl (C=O) groups excluding carboxylic acids is 1. The molecule has 0 radical (unpaired) electrons. The number of nitrogens with zero attached hydrogens (tertiary/aromatic N) is 3. The Kier molecular flexibility index (Phi) is 5.63. The molecule has 0 atom stereocenters. The first-order chi connectivity index (χ1) is 14.1. The van der Waals surface area contributed by atoms with Crippen LogP contribution in [-0.2, 0) is 4.79 Å². The fourth-order valence-corrected chi connectivity index (χ4v) is 3.64. The number of hydrogen-bond donors (Lipinski definition) is 1. The van der Waals surface area contributed by atoms with Crippen LogP contribution in [0.15, 0.2) is 63.6 Å². The molecular weight excluding hydrogens is 418 g/mol. The van der Waals surface area contributed by atoms with E-state index in [0.29, 0.717) is 16.4 Å². The lowest BCUT2D eigenvalue weighted by molar-refractivity contribution is -0.113. The van der Waals surface area contributed by atoms with Crippen LogP contribution < -0.4 is 5.32 Å². The van der Waals surface area contributed by atoms with E-state index in [4.69, 9.17) is 4.42 Å². The van der Waals surface area contributed by atoms with Gasteiger partial charge in [-0.3, -0.25) is 4.79 Å². The highest BCUT2D eigenvalue weighted by atomic mass is 32.2. The minimum absolute atomic E-state index is 0.0521. The molecule has 2 aromatic carbocycles. The van der Waals surface area contributed by atoms with E-state index < -0.39 is 0 Å². The van der Waals surface area contributed by atoms with Gasteiger partial charge in [-0.2, -0.15) is 0 Å². The Hall–Kier alpha value is -3.11. The number of thioether (sulfide) groups is 1. The average molecular weight is 430 g/mol. The largest absolute Gasteiger partial charge is 0.411 e. The lowest BCUT2D eigenvalue weighted by Crippen LogP contribution is -2.13. The molecule has 4 rings (SSSR count). The van der Waals surface area contributed by atoms with Gasteiger partial charge < -0.3 is 9.73 Å². The predicted molar refractivity (Wildman–Crippen MR) is 107 cm³/mol. The van der Waals surface area contributed by atoms with Crippen LogP contribution in [0.2, 0.25) is 0 Å². The van der Waals surface area contributed by atoms with E-state index >= 15 is 0 Å². The second kappa shape index (κ2) is 8.50. The Bertz CT molecular complexity index is 1130. The molecule has 2 heterocycles. The zero-order chi connectivity index (χ0) is 20.2. The lowest BCUT2D eigenvalue weighted by atomic mass is 10.2. The first-order valence-corrected chi connectivity index (χ1v) is 10.2. The SMILES string of the molecule is O=C(CSc1nnc(-c2ccc(F)cc2)o1)Nc1nc(-c2ccc(F)cc2)cs1. The standard InChI is InChI=1S/C19H12F2N4O2S2/c20-13-5-1-11(2-6-13)15-9-28-18(22-15)23-16(26)10-29-19-25-24-17(27-19)12-3-7-14(21)8-4-12/h1-9H,10H2,(H,22,23,26). The van der Waals surface area contributed by atoms with Crippen molar-refractivity contribution < 1.29 is 18.0 Å². The summed E-state index contributed by atoms with van der Waals surface area (Å²) in [4.78, 5) is 16.5. The number of hydrogen-bond acceptors (Lipinski definition) is 7. The van der Waals surface area contributed by atoms with Crippen molar-refractivity contribution >= 4 is 34.1 Å². The summed E-state index contributed by atoms with van der Waals surface area (Å²) in [7, 11) is 0. The van der Waals surface area contributed by atoms with Crippen LogP contribution in [0.1, 0.15) is 0 Å². The Morgan fingerprint density at radius 2 is 1.66 bits per heavy atom. The highest BCUT2D eigenvalue weighted by Crippen LogP contribution is 2.26. The van der Waals surface area contributed by atoms with Gasteiger partial charge in [-0.05, 0) is 48.5 Å². The Labute approximate surface area is 172 Å². The maximum absolute atomic E-state index is 13.0. The van der Waals surface area contributed by atoms with Gasteiger partial charge in [0.1, 0.15) is 11.6 Å². The minimum atomic E-state index is -0.357. The molecule has 6 nitrogen and oxygen atoms in total. The number of amides is 1. The number of aromatic nitrogens is 3. The smallest absolute Gasteiger partial charge is 0.277 e. The van der Waals surface area contributed by atoms with Gasteiger partial charge in [0.25, 0.3) is 5.22 Å². The molecule has 146 valence electrons. The van der Waals surface area contributed by atoms with Crippen molar-refractivity contribution in [2.75, 3.05) is 11.1 Å². The van der Waals surface area contributed by atoms with E-state index in [2.05, 4.69) is 20.5 Å². The molecule has 1 amide bonds. The number of benzene rings is 2. The van der Waals surface area contributed by atoms with Crippen LogP contribution in [0.3, 0.4) is 0 Å². The molecule has 0 unspecified atom stereocenters. The summed E-state index contributed by atoms with van der Waals surface area (Å²) in [6.07, 6.45) is 0. The molecule has 1 N–H and O–H groups in total. The van der Waals surface area contributed by atoms with Crippen LogP contribution in [0.25, 0.3) is 22.7 Å². The molecule has 0 saturated heterocycles. The normalized spacial score (nSPS) is 10.8. The summed E-state index contributed by atoms with van der Waals surface area (Å²) >= 11 is 2.35. The van der Waals surface area contributed by atoms with Crippen LogP contribution in [0, 0.1) is 11.6 Å². The van der Waals surface area contributed by atoms with E-state index in [1.807, 2.05) is 0 Å². The molecular formula is C19H12F2N4O2S2. The van der Waals surface area contributed by atoms with Crippen LogP contribution in [0.4, 0.5) is 13.9 Å². The molecule has 29 heavy (non-hydrogen) atoms. The quantitative estimate of drug-likeness (QED) is 0.440. The van der Waals surface area contributed by atoms with E-state index in [1.54, 1.807) is 17.5 Å². The Morgan fingerprint density at radius 1 is 1.00 bits per heavy atom. The summed E-state index contributed by atoms with van der Waals surface area (Å²) in [6, 6.07) is 11.6. The van der Waals surface area contributed by atoms with Gasteiger partial charge in [-0.1, -0.05) is 11.8 Å². The van der Waals surface area contributed by atoms with Crippen LogP contribution in [0.5, 0.6) is 0 Å². The van der Waals surface area contributed by atoms with E-state index in [-0.39, 0.29) is 34.4 Å². The Balaban J connectivity index is 1.33. The maximum Gasteiger partial charge on any atom is 0.277 e. The van der Waals surface area contributed by atoms with Crippen molar-refractivity contribution in [2.24, 2.45) is 0 Å². The third kappa shape index (κ3) is 4.84. The molecule has 0 fully saturated rings. The van der Waals surface area contributed by atoms with Crippen LogP contribution >= 0.6 is 23.1 Å². The van der Waals surface area contributed by atoms with Gasteiger partial charge in [-0.15, -0.1) is 21.5 Å². The van der Waals surface area contributed by atoms with Gasteiger partial charge in [-0.25, -0.2) is 13.8 Å². The number of nitrogens with one attached hydrogen (secondary N) is 1. The van der Waals surface area contributed by atoms with Crippen LogP contribution in [-0.4, -0.2) is 26.8 Å². The zero-order valence-corrected chi connectivity index (χ0v) is 16.3. The zero-order valence-electron chi connectivity index (χ0n) is 14.6.